The third kappa shape index (κ3) is 4.46. The Morgan fingerprint density at radius 3 is 2.46 bits per heavy atom. The van der Waals surface area contributed by atoms with Gasteiger partial charge in [-0.05, 0) is 24.1 Å². The fraction of sp³-hybridized carbons (Fsp3) is 0.571. The SMILES string of the molecule is COc1cccc(C(=O)N2CCN(C(=O)C3CC(=O)N(CC(C)C)C3)CC2)c1. The third-order valence-electron chi connectivity index (χ3n) is 5.34. The number of rotatable bonds is 5. The molecule has 1 unspecified atom stereocenters. The van der Waals surface area contributed by atoms with E-state index in [1.807, 2.05) is 0 Å². The second-order valence-electron chi connectivity index (χ2n) is 7.94. The number of hydrogen-bond donors (Lipinski definition) is 0. The van der Waals surface area contributed by atoms with E-state index < -0.39 is 0 Å². The van der Waals surface area contributed by atoms with E-state index in [4.69, 9.17) is 4.74 Å². The summed E-state index contributed by atoms with van der Waals surface area (Å²) in [6.07, 6.45) is 0.300. The van der Waals surface area contributed by atoms with Gasteiger partial charge in [0.25, 0.3) is 5.91 Å². The van der Waals surface area contributed by atoms with Crippen LogP contribution in [0.4, 0.5) is 0 Å². The molecule has 2 heterocycles. The first-order valence-electron chi connectivity index (χ1n) is 9.89. The molecule has 152 valence electrons. The number of likely N-dealkylation sites (tertiary alicyclic amines) is 1. The highest BCUT2D eigenvalue weighted by Crippen LogP contribution is 2.22. The number of amides is 3. The maximum atomic E-state index is 12.8. The molecule has 1 aromatic carbocycles. The standard InChI is InChI=1S/C21H29N3O4/c1-15(2)13-24-14-17(12-19(24)25)21(27)23-9-7-22(8-10-23)20(26)16-5-4-6-18(11-16)28-3/h4-6,11,15,17H,7-10,12-14H2,1-3H3. The first-order chi connectivity index (χ1) is 13.4. The highest BCUT2D eigenvalue weighted by Gasteiger charge is 2.37. The molecule has 3 rings (SSSR count). The Morgan fingerprint density at radius 1 is 1.14 bits per heavy atom. The van der Waals surface area contributed by atoms with Crippen LogP contribution < -0.4 is 4.74 Å². The molecule has 1 atom stereocenters. The molecule has 7 heteroatoms. The van der Waals surface area contributed by atoms with Gasteiger partial charge in [-0.15, -0.1) is 0 Å². The number of benzene rings is 1. The molecule has 0 aromatic heterocycles. The predicted octanol–water partition coefficient (Wildman–Crippen LogP) is 1.48. The van der Waals surface area contributed by atoms with E-state index in [0.29, 0.717) is 62.9 Å². The molecule has 2 fully saturated rings. The Hall–Kier alpha value is -2.57. The largest absolute Gasteiger partial charge is 0.497 e. The Balaban J connectivity index is 1.54. The molecule has 7 nitrogen and oxygen atoms in total. The molecular formula is C21H29N3O4. The molecule has 3 amide bonds. The molecule has 0 radical (unpaired) electrons. The summed E-state index contributed by atoms with van der Waals surface area (Å²) in [6.45, 7) is 7.36. The van der Waals surface area contributed by atoms with Crippen LogP contribution in [-0.4, -0.2) is 78.8 Å². The fourth-order valence-electron chi connectivity index (χ4n) is 3.88. The van der Waals surface area contributed by atoms with Gasteiger partial charge < -0.3 is 19.4 Å². The molecule has 0 saturated carbocycles. The van der Waals surface area contributed by atoms with E-state index >= 15 is 0 Å². The smallest absolute Gasteiger partial charge is 0.254 e. The zero-order chi connectivity index (χ0) is 20.3. The van der Waals surface area contributed by atoms with Crippen LogP contribution in [0.2, 0.25) is 0 Å². The van der Waals surface area contributed by atoms with Gasteiger partial charge in [0.15, 0.2) is 0 Å². The van der Waals surface area contributed by atoms with E-state index in [-0.39, 0.29) is 23.6 Å². The summed E-state index contributed by atoms with van der Waals surface area (Å²) >= 11 is 0. The lowest BCUT2D eigenvalue weighted by Crippen LogP contribution is -2.52. The first kappa shape index (κ1) is 20.2. The molecule has 0 N–H and O–H groups in total. The van der Waals surface area contributed by atoms with Crippen LogP contribution in [0.25, 0.3) is 0 Å². The summed E-state index contributed by atoms with van der Waals surface area (Å²) in [5, 5.41) is 0. The quantitative estimate of drug-likeness (QED) is 0.767. The van der Waals surface area contributed by atoms with Crippen LogP contribution in [0.5, 0.6) is 5.75 Å². The van der Waals surface area contributed by atoms with E-state index in [9.17, 15) is 14.4 Å². The summed E-state index contributed by atoms with van der Waals surface area (Å²) in [7, 11) is 1.57. The van der Waals surface area contributed by atoms with Crippen LogP contribution in [-0.2, 0) is 9.59 Å². The number of hydrogen-bond acceptors (Lipinski definition) is 4. The lowest BCUT2D eigenvalue weighted by molar-refractivity contribution is -0.137. The molecule has 2 aliphatic rings. The van der Waals surface area contributed by atoms with Crippen molar-refractivity contribution in [2.45, 2.75) is 20.3 Å². The van der Waals surface area contributed by atoms with Crippen LogP contribution >= 0.6 is 0 Å². The Labute approximate surface area is 166 Å². The zero-order valence-corrected chi connectivity index (χ0v) is 16.9. The highest BCUT2D eigenvalue weighted by molar-refractivity contribution is 5.95. The molecule has 0 bridgehead atoms. The van der Waals surface area contributed by atoms with E-state index in [1.54, 1.807) is 46.1 Å². The number of methoxy groups -OCH3 is 1. The van der Waals surface area contributed by atoms with Crippen LogP contribution in [0.1, 0.15) is 30.6 Å². The lowest BCUT2D eigenvalue weighted by atomic mass is 10.1. The zero-order valence-electron chi connectivity index (χ0n) is 16.9. The molecule has 1 aromatic rings. The van der Waals surface area contributed by atoms with Gasteiger partial charge in [0.1, 0.15) is 5.75 Å². The Morgan fingerprint density at radius 2 is 1.82 bits per heavy atom. The van der Waals surface area contributed by atoms with Crippen molar-refractivity contribution in [3.05, 3.63) is 29.8 Å². The van der Waals surface area contributed by atoms with Crippen molar-refractivity contribution in [3.63, 3.8) is 0 Å². The van der Waals surface area contributed by atoms with Gasteiger partial charge in [0.05, 0.1) is 13.0 Å². The maximum Gasteiger partial charge on any atom is 0.254 e. The molecular weight excluding hydrogens is 358 g/mol. The predicted molar refractivity (Wildman–Crippen MR) is 105 cm³/mol. The Bertz CT molecular complexity index is 741. The van der Waals surface area contributed by atoms with E-state index in [1.165, 1.54) is 0 Å². The summed E-state index contributed by atoms with van der Waals surface area (Å²) in [5.74, 6) is 0.837. The second kappa shape index (κ2) is 8.63. The number of carbonyl (C=O) groups is 3. The van der Waals surface area contributed by atoms with Crippen molar-refractivity contribution in [1.29, 1.82) is 0 Å². The van der Waals surface area contributed by atoms with Crippen molar-refractivity contribution in [2.75, 3.05) is 46.4 Å². The first-order valence-corrected chi connectivity index (χ1v) is 9.89. The average molecular weight is 387 g/mol. The number of ether oxygens (including phenoxy) is 1. The number of carbonyl (C=O) groups excluding carboxylic acids is 3. The monoisotopic (exact) mass is 387 g/mol. The van der Waals surface area contributed by atoms with E-state index in [2.05, 4.69) is 13.8 Å². The summed E-state index contributed by atoms with van der Waals surface area (Å²) < 4.78 is 5.18. The van der Waals surface area contributed by atoms with Crippen molar-refractivity contribution < 1.29 is 19.1 Å². The minimum absolute atomic E-state index is 0.0353. The van der Waals surface area contributed by atoms with Crippen molar-refractivity contribution in [3.8, 4) is 5.75 Å². The van der Waals surface area contributed by atoms with Crippen LogP contribution in [0, 0.1) is 11.8 Å². The van der Waals surface area contributed by atoms with Gasteiger partial charge in [-0.25, -0.2) is 0 Å². The van der Waals surface area contributed by atoms with Crippen molar-refractivity contribution >= 4 is 17.7 Å². The van der Waals surface area contributed by atoms with Gasteiger partial charge in [-0.1, -0.05) is 19.9 Å². The summed E-state index contributed by atoms with van der Waals surface area (Å²) in [4.78, 5) is 43.1. The fourth-order valence-corrected chi connectivity index (χ4v) is 3.88. The van der Waals surface area contributed by atoms with Gasteiger partial charge in [0, 0.05) is 51.3 Å². The average Bonchev–Trinajstić information content (AvgIpc) is 3.06. The molecule has 0 spiro atoms. The summed E-state index contributed by atoms with van der Waals surface area (Å²) in [5.41, 5.74) is 0.588. The number of nitrogens with zero attached hydrogens (tertiary/aromatic N) is 3. The van der Waals surface area contributed by atoms with Gasteiger partial charge in [-0.2, -0.15) is 0 Å². The topological polar surface area (TPSA) is 70.2 Å². The van der Waals surface area contributed by atoms with Crippen LogP contribution in [0.15, 0.2) is 24.3 Å². The molecule has 2 aliphatic heterocycles. The summed E-state index contributed by atoms with van der Waals surface area (Å²) in [6, 6.07) is 7.11. The third-order valence-corrected chi connectivity index (χ3v) is 5.34. The molecule has 2 saturated heterocycles. The van der Waals surface area contributed by atoms with Gasteiger partial charge in [0.2, 0.25) is 11.8 Å². The lowest BCUT2D eigenvalue weighted by Gasteiger charge is -2.36. The van der Waals surface area contributed by atoms with Gasteiger partial charge in [-0.3, -0.25) is 14.4 Å². The maximum absolute atomic E-state index is 12.8. The van der Waals surface area contributed by atoms with E-state index in [0.717, 1.165) is 0 Å². The van der Waals surface area contributed by atoms with Crippen molar-refractivity contribution in [2.24, 2.45) is 11.8 Å². The van der Waals surface area contributed by atoms with Gasteiger partial charge >= 0.3 is 0 Å². The minimum atomic E-state index is -0.258. The van der Waals surface area contributed by atoms with Crippen LogP contribution in [0.3, 0.4) is 0 Å². The van der Waals surface area contributed by atoms with Crippen molar-refractivity contribution in [1.82, 2.24) is 14.7 Å². The minimum Gasteiger partial charge on any atom is -0.497 e. The normalized spacial score (nSPS) is 20.1. The highest BCUT2D eigenvalue weighted by atomic mass is 16.5. The molecule has 28 heavy (non-hydrogen) atoms. The second-order valence-corrected chi connectivity index (χ2v) is 7.94. The molecule has 0 aliphatic carbocycles. The number of piperazine rings is 1. The Kier molecular flexibility index (Phi) is 6.21.